The Balaban J connectivity index is 1.61. The van der Waals surface area contributed by atoms with E-state index in [1.165, 1.54) is 19.4 Å². The van der Waals surface area contributed by atoms with Gasteiger partial charge in [-0.2, -0.15) is 0 Å². The minimum absolute atomic E-state index is 0.0717. The lowest BCUT2D eigenvalue weighted by atomic mass is 9.97. The van der Waals surface area contributed by atoms with Gasteiger partial charge in [0.05, 0.1) is 0 Å². The summed E-state index contributed by atoms with van der Waals surface area (Å²) in [6.45, 7) is 8.13. The lowest BCUT2D eigenvalue weighted by Crippen LogP contribution is -2.45. The SMILES string of the molecule is CC(C)N1CCCC(CNC(=O)NCCc2ccccn2)C1. The van der Waals surface area contributed by atoms with Crippen molar-refractivity contribution in [2.45, 2.75) is 39.2 Å². The first kappa shape index (κ1) is 16.7. The normalized spacial score (nSPS) is 19.1. The summed E-state index contributed by atoms with van der Waals surface area (Å²) in [6.07, 6.45) is 4.97. The maximum Gasteiger partial charge on any atom is 0.314 e. The Hall–Kier alpha value is -1.62. The molecule has 0 radical (unpaired) electrons. The molecule has 0 aromatic carbocycles. The standard InChI is InChI=1S/C17H28N4O/c1-14(2)21-11-5-6-15(13-21)12-20-17(22)19-10-8-16-7-3-4-9-18-16/h3-4,7,9,14-15H,5-6,8,10-13H2,1-2H3,(H2,19,20,22). The fraction of sp³-hybridized carbons (Fsp3) is 0.647. The molecule has 1 aliphatic rings. The Bertz CT molecular complexity index is 449. The van der Waals surface area contributed by atoms with E-state index in [0.717, 1.165) is 25.2 Å². The maximum atomic E-state index is 11.8. The maximum absolute atomic E-state index is 11.8. The molecule has 5 heteroatoms. The Kier molecular flexibility index (Phi) is 6.65. The zero-order chi connectivity index (χ0) is 15.8. The monoisotopic (exact) mass is 304 g/mol. The topological polar surface area (TPSA) is 57.3 Å². The van der Waals surface area contributed by atoms with Gasteiger partial charge in [0.2, 0.25) is 0 Å². The lowest BCUT2D eigenvalue weighted by molar-refractivity contribution is 0.139. The van der Waals surface area contributed by atoms with Crippen molar-refractivity contribution in [1.29, 1.82) is 0 Å². The van der Waals surface area contributed by atoms with Crippen LogP contribution in [0.2, 0.25) is 0 Å². The van der Waals surface area contributed by atoms with Gasteiger partial charge in [-0.25, -0.2) is 4.79 Å². The number of likely N-dealkylation sites (tertiary alicyclic amines) is 1. The molecule has 0 bridgehead atoms. The minimum atomic E-state index is -0.0717. The molecule has 22 heavy (non-hydrogen) atoms. The molecule has 0 aliphatic carbocycles. The molecule has 1 aromatic heterocycles. The van der Waals surface area contributed by atoms with E-state index < -0.39 is 0 Å². The smallest absolute Gasteiger partial charge is 0.314 e. The van der Waals surface area contributed by atoms with Gasteiger partial charge >= 0.3 is 6.03 Å². The number of pyridine rings is 1. The van der Waals surface area contributed by atoms with Gasteiger partial charge in [-0.05, 0) is 51.3 Å². The van der Waals surface area contributed by atoms with E-state index in [4.69, 9.17) is 0 Å². The molecule has 1 aliphatic heterocycles. The van der Waals surface area contributed by atoms with Crippen LogP contribution < -0.4 is 10.6 Å². The summed E-state index contributed by atoms with van der Waals surface area (Å²) in [4.78, 5) is 18.6. The van der Waals surface area contributed by atoms with E-state index in [9.17, 15) is 4.79 Å². The molecule has 2 N–H and O–H groups in total. The van der Waals surface area contributed by atoms with Gasteiger partial charge < -0.3 is 15.5 Å². The second kappa shape index (κ2) is 8.73. The first-order valence-corrected chi connectivity index (χ1v) is 8.31. The third-order valence-electron chi connectivity index (χ3n) is 4.22. The van der Waals surface area contributed by atoms with Gasteiger partial charge in [0.1, 0.15) is 0 Å². The summed E-state index contributed by atoms with van der Waals surface area (Å²) in [6, 6.07) is 6.36. The van der Waals surface area contributed by atoms with E-state index in [-0.39, 0.29) is 6.03 Å². The predicted molar refractivity (Wildman–Crippen MR) is 88.8 cm³/mol. The highest BCUT2D eigenvalue weighted by atomic mass is 16.2. The molecule has 122 valence electrons. The van der Waals surface area contributed by atoms with Crippen LogP contribution in [0, 0.1) is 5.92 Å². The van der Waals surface area contributed by atoms with E-state index >= 15 is 0 Å². The van der Waals surface area contributed by atoms with Crippen LogP contribution >= 0.6 is 0 Å². The number of hydrogen-bond donors (Lipinski definition) is 2. The number of carbonyl (C=O) groups excluding carboxylic acids is 1. The zero-order valence-corrected chi connectivity index (χ0v) is 13.7. The third kappa shape index (κ3) is 5.64. The van der Waals surface area contributed by atoms with Gasteiger partial charge in [0.25, 0.3) is 0 Å². The summed E-state index contributed by atoms with van der Waals surface area (Å²) in [7, 11) is 0. The van der Waals surface area contributed by atoms with E-state index in [1.54, 1.807) is 6.20 Å². The summed E-state index contributed by atoms with van der Waals surface area (Å²) in [5.74, 6) is 0.567. The van der Waals surface area contributed by atoms with Crippen molar-refractivity contribution < 1.29 is 4.79 Å². The highest BCUT2D eigenvalue weighted by Gasteiger charge is 2.21. The Morgan fingerprint density at radius 3 is 3.00 bits per heavy atom. The molecule has 0 spiro atoms. The summed E-state index contributed by atoms with van der Waals surface area (Å²) in [5.41, 5.74) is 1.00. The lowest BCUT2D eigenvalue weighted by Gasteiger charge is -2.35. The summed E-state index contributed by atoms with van der Waals surface area (Å²) >= 11 is 0. The molecular weight excluding hydrogens is 276 g/mol. The Morgan fingerprint density at radius 2 is 2.27 bits per heavy atom. The Morgan fingerprint density at radius 1 is 1.41 bits per heavy atom. The highest BCUT2D eigenvalue weighted by Crippen LogP contribution is 2.17. The fourth-order valence-electron chi connectivity index (χ4n) is 2.88. The van der Waals surface area contributed by atoms with Crippen molar-refractivity contribution in [3.05, 3.63) is 30.1 Å². The van der Waals surface area contributed by atoms with Crippen molar-refractivity contribution in [2.75, 3.05) is 26.2 Å². The first-order chi connectivity index (χ1) is 10.6. The van der Waals surface area contributed by atoms with Crippen LogP contribution in [-0.2, 0) is 6.42 Å². The number of amides is 2. The van der Waals surface area contributed by atoms with Gasteiger partial charge in [0, 0.05) is 44.0 Å². The second-order valence-electron chi connectivity index (χ2n) is 6.30. The van der Waals surface area contributed by atoms with Gasteiger partial charge in [-0.3, -0.25) is 4.98 Å². The van der Waals surface area contributed by atoms with E-state index in [2.05, 4.69) is 34.4 Å². The van der Waals surface area contributed by atoms with Gasteiger partial charge in [0.15, 0.2) is 0 Å². The molecule has 2 heterocycles. The van der Waals surface area contributed by atoms with Crippen LogP contribution in [-0.4, -0.2) is 48.1 Å². The van der Waals surface area contributed by atoms with Crippen molar-refractivity contribution in [3.8, 4) is 0 Å². The van der Waals surface area contributed by atoms with Crippen LogP contribution in [0.15, 0.2) is 24.4 Å². The quantitative estimate of drug-likeness (QED) is 0.845. The molecule has 1 fully saturated rings. The third-order valence-corrected chi connectivity index (χ3v) is 4.22. The molecule has 1 atom stereocenters. The van der Waals surface area contributed by atoms with Crippen molar-refractivity contribution in [2.24, 2.45) is 5.92 Å². The number of piperidine rings is 1. The molecule has 0 saturated carbocycles. The number of urea groups is 1. The first-order valence-electron chi connectivity index (χ1n) is 8.31. The molecular formula is C17H28N4O. The van der Waals surface area contributed by atoms with Crippen LogP contribution in [0.5, 0.6) is 0 Å². The van der Waals surface area contributed by atoms with E-state index in [0.29, 0.717) is 18.5 Å². The molecule has 1 unspecified atom stereocenters. The average Bonchev–Trinajstić information content (AvgIpc) is 2.54. The number of nitrogens with one attached hydrogen (secondary N) is 2. The molecule has 1 aromatic rings. The van der Waals surface area contributed by atoms with Gasteiger partial charge in [-0.1, -0.05) is 6.07 Å². The second-order valence-corrected chi connectivity index (χ2v) is 6.30. The number of hydrogen-bond acceptors (Lipinski definition) is 3. The number of carbonyl (C=O) groups is 1. The average molecular weight is 304 g/mol. The van der Waals surface area contributed by atoms with Crippen molar-refractivity contribution in [3.63, 3.8) is 0 Å². The number of aromatic nitrogens is 1. The van der Waals surface area contributed by atoms with Crippen LogP contribution in [0.1, 0.15) is 32.4 Å². The zero-order valence-electron chi connectivity index (χ0n) is 13.7. The van der Waals surface area contributed by atoms with E-state index in [1.807, 2.05) is 18.2 Å². The summed E-state index contributed by atoms with van der Waals surface area (Å²) < 4.78 is 0. The van der Waals surface area contributed by atoms with Crippen molar-refractivity contribution in [1.82, 2.24) is 20.5 Å². The van der Waals surface area contributed by atoms with Crippen LogP contribution in [0.3, 0.4) is 0 Å². The van der Waals surface area contributed by atoms with Crippen LogP contribution in [0.4, 0.5) is 4.79 Å². The highest BCUT2D eigenvalue weighted by molar-refractivity contribution is 5.73. The number of rotatable bonds is 6. The molecule has 2 amide bonds. The van der Waals surface area contributed by atoms with Crippen molar-refractivity contribution >= 4 is 6.03 Å². The number of nitrogens with zero attached hydrogens (tertiary/aromatic N) is 2. The predicted octanol–water partition coefficient (Wildman–Crippen LogP) is 2.04. The Labute approximate surface area is 133 Å². The molecule has 1 saturated heterocycles. The molecule has 2 rings (SSSR count). The fourth-order valence-corrected chi connectivity index (χ4v) is 2.88. The molecule has 5 nitrogen and oxygen atoms in total. The largest absolute Gasteiger partial charge is 0.338 e. The summed E-state index contributed by atoms with van der Waals surface area (Å²) in [5, 5.41) is 5.90. The van der Waals surface area contributed by atoms with Gasteiger partial charge in [-0.15, -0.1) is 0 Å². The van der Waals surface area contributed by atoms with Crippen LogP contribution in [0.25, 0.3) is 0 Å². The minimum Gasteiger partial charge on any atom is -0.338 e.